The van der Waals surface area contributed by atoms with Crippen LogP contribution in [0.5, 0.6) is 0 Å². The van der Waals surface area contributed by atoms with Gasteiger partial charge in [0.1, 0.15) is 0 Å². The first-order chi connectivity index (χ1) is 8.68. The molecule has 0 radical (unpaired) electrons. The van der Waals surface area contributed by atoms with Crippen molar-refractivity contribution in [1.82, 2.24) is 19.6 Å². The minimum atomic E-state index is 0.360. The van der Waals surface area contributed by atoms with Gasteiger partial charge in [-0.25, -0.2) is 4.98 Å². The lowest BCUT2D eigenvalue weighted by molar-refractivity contribution is 1.11. The molecule has 0 saturated carbocycles. The Labute approximate surface area is 122 Å². The van der Waals surface area contributed by atoms with Gasteiger partial charge in [-0.2, -0.15) is 0 Å². The van der Waals surface area contributed by atoms with Crippen molar-refractivity contribution in [2.45, 2.75) is 6.92 Å². The zero-order chi connectivity index (χ0) is 12.7. The van der Waals surface area contributed by atoms with Crippen LogP contribution in [-0.2, 0) is 0 Å². The van der Waals surface area contributed by atoms with E-state index >= 15 is 0 Å². The lowest BCUT2D eigenvalue weighted by Crippen LogP contribution is -1.94. The third-order valence-electron chi connectivity index (χ3n) is 2.72. The highest BCUT2D eigenvalue weighted by Gasteiger charge is 2.13. The Morgan fingerprint density at radius 1 is 1.28 bits per heavy atom. The quantitative estimate of drug-likeness (QED) is 0.617. The number of rotatable bonds is 1. The average molecular weight is 371 g/mol. The van der Waals surface area contributed by atoms with E-state index in [0.717, 1.165) is 15.0 Å². The van der Waals surface area contributed by atoms with Crippen LogP contribution in [0.1, 0.15) is 5.56 Å². The second kappa shape index (κ2) is 4.47. The molecule has 0 saturated heterocycles. The molecule has 0 unspecified atom stereocenters. The molecule has 0 N–H and O–H groups in total. The van der Waals surface area contributed by atoms with E-state index in [4.69, 9.17) is 11.6 Å². The summed E-state index contributed by atoms with van der Waals surface area (Å²) in [6.07, 6.45) is 3.46. The zero-order valence-corrected chi connectivity index (χ0v) is 12.3. The van der Waals surface area contributed by atoms with Gasteiger partial charge in [0.15, 0.2) is 16.6 Å². The molecule has 0 amide bonds. The van der Waals surface area contributed by atoms with Crippen LogP contribution < -0.4 is 0 Å². The van der Waals surface area contributed by atoms with Crippen LogP contribution in [-0.4, -0.2) is 19.6 Å². The summed E-state index contributed by atoms with van der Waals surface area (Å²) in [6.45, 7) is 2.07. The van der Waals surface area contributed by atoms with E-state index in [1.807, 2.05) is 22.7 Å². The fourth-order valence-electron chi connectivity index (χ4n) is 1.80. The van der Waals surface area contributed by atoms with Crippen molar-refractivity contribution < 1.29 is 0 Å². The summed E-state index contributed by atoms with van der Waals surface area (Å²) < 4.78 is 3.02. The Kier molecular flexibility index (Phi) is 2.95. The maximum Gasteiger partial charge on any atom is 0.198 e. The number of benzene rings is 1. The molecular weight excluding hydrogens is 363 g/mol. The standard InChI is InChI=1S/C12H8ClIN4/c1-7-3-2-4-8(9(7)14)11-16-17-12-10(13)15-5-6-18(11)12/h2-6H,1H3. The van der Waals surface area contributed by atoms with E-state index < -0.39 is 0 Å². The molecule has 2 heterocycles. The first-order valence-corrected chi connectivity index (χ1v) is 6.75. The highest BCUT2D eigenvalue weighted by atomic mass is 127. The number of nitrogens with zero attached hydrogens (tertiary/aromatic N) is 4. The second-order valence-electron chi connectivity index (χ2n) is 3.87. The molecule has 2 aromatic heterocycles. The number of hydrogen-bond donors (Lipinski definition) is 0. The van der Waals surface area contributed by atoms with E-state index in [1.54, 1.807) is 6.20 Å². The molecule has 3 aromatic rings. The smallest absolute Gasteiger partial charge is 0.198 e. The molecule has 0 fully saturated rings. The molecule has 0 aliphatic rings. The lowest BCUT2D eigenvalue weighted by atomic mass is 10.1. The number of fused-ring (bicyclic) bond motifs is 1. The van der Waals surface area contributed by atoms with Gasteiger partial charge in [-0.05, 0) is 35.1 Å². The van der Waals surface area contributed by atoms with Crippen LogP contribution >= 0.6 is 34.2 Å². The maximum atomic E-state index is 5.99. The predicted molar refractivity (Wildman–Crippen MR) is 78.7 cm³/mol. The topological polar surface area (TPSA) is 43.1 Å². The molecule has 6 heteroatoms. The van der Waals surface area contributed by atoms with Crippen molar-refractivity contribution in [3.05, 3.63) is 44.9 Å². The van der Waals surface area contributed by atoms with Gasteiger partial charge in [-0.3, -0.25) is 4.40 Å². The first kappa shape index (κ1) is 11.9. The average Bonchev–Trinajstić information content (AvgIpc) is 2.78. The summed E-state index contributed by atoms with van der Waals surface area (Å²) in [4.78, 5) is 3.99. The Balaban J connectivity index is 2.33. The van der Waals surface area contributed by atoms with Crippen LogP contribution in [0.2, 0.25) is 5.15 Å². The Morgan fingerprint density at radius 3 is 2.94 bits per heavy atom. The SMILES string of the molecule is Cc1cccc(-c2nnc3c(Cl)nccn23)c1I. The van der Waals surface area contributed by atoms with Gasteiger partial charge in [0.05, 0.1) is 0 Å². The second-order valence-corrected chi connectivity index (χ2v) is 5.31. The minimum absolute atomic E-state index is 0.360. The fourth-order valence-corrected chi connectivity index (χ4v) is 2.59. The third kappa shape index (κ3) is 1.78. The maximum absolute atomic E-state index is 5.99. The lowest BCUT2D eigenvalue weighted by Gasteiger charge is -2.05. The van der Waals surface area contributed by atoms with E-state index in [1.165, 1.54) is 5.56 Å². The van der Waals surface area contributed by atoms with Crippen LogP contribution in [0.25, 0.3) is 17.0 Å². The molecule has 18 heavy (non-hydrogen) atoms. The van der Waals surface area contributed by atoms with Gasteiger partial charge in [0, 0.05) is 21.5 Å². The summed E-state index contributed by atoms with van der Waals surface area (Å²) in [5.74, 6) is 0.780. The summed E-state index contributed by atoms with van der Waals surface area (Å²) >= 11 is 8.31. The third-order valence-corrected chi connectivity index (χ3v) is 4.42. The predicted octanol–water partition coefficient (Wildman–Crippen LogP) is 3.36. The monoisotopic (exact) mass is 370 g/mol. The highest BCUT2D eigenvalue weighted by Crippen LogP contribution is 2.27. The Hall–Kier alpha value is -1.21. The molecule has 0 bridgehead atoms. The Bertz CT molecular complexity index is 738. The molecule has 4 nitrogen and oxygen atoms in total. The number of hydrogen-bond acceptors (Lipinski definition) is 3. The van der Waals surface area contributed by atoms with Crippen LogP contribution in [0.15, 0.2) is 30.6 Å². The number of aryl methyl sites for hydroxylation is 1. The largest absolute Gasteiger partial charge is 0.278 e. The molecule has 0 aliphatic carbocycles. The van der Waals surface area contributed by atoms with Crippen LogP contribution in [0.4, 0.5) is 0 Å². The van der Waals surface area contributed by atoms with Crippen molar-refractivity contribution in [3.8, 4) is 11.4 Å². The van der Waals surface area contributed by atoms with E-state index in [0.29, 0.717) is 10.8 Å². The van der Waals surface area contributed by atoms with Gasteiger partial charge in [0.2, 0.25) is 0 Å². The molecule has 1 aromatic carbocycles. The van der Waals surface area contributed by atoms with Gasteiger partial charge >= 0.3 is 0 Å². The summed E-state index contributed by atoms with van der Waals surface area (Å²) in [5, 5.41) is 8.65. The molecular formula is C12H8ClIN4. The van der Waals surface area contributed by atoms with Crippen molar-refractivity contribution in [1.29, 1.82) is 0 Å². The highest BCUT2D eigenvalue weighted by molar-refractivity contribution is 14.1. The van der Waals surface area contributed by atoms with Crippen molar-refractivity contribution >= 4 is 39.8 Å². The molecule has 0 atom stereocenters. The molecule has 3 rings (SSSR count). The van der Waals surface area contributed by atoms with Gasteiger partial charge < -0.3 is 0 Å². The number of aromatic nitrogens is 4. The molecule has 90 valence electrons. The zero-order valence-electron chi connectivity index (χ0n) is 9.43. The summed E-state index contributed by atoms with van der Waals surface area (Å²) in [7, 11) is 0. The van der Waals surface area contributed by atoms with Gasteiger partial charge in [-0.1, -0.05) is 29.8 Å². The summed E-state index contributed by atoms with van der Waals surface area (Å²) in [5.41, 5.74) is 2.84. The van der Waals surface area contributed by atoms with Crippen LogP contribution in [0.3, 0.4) is 0 Å². The molecule has 0 spiro atoms. The fraction of sp³-hybridized carbons (Fsp3) is 0.0833. The van der Waals surface area contributed by atoms with Crippen molar-refractivity contribution in [2.24, 2.45) is 0 Å². The van der Waals surface area contributed by atoms with Gasteiger partial charge in [-0.15, -0.1) is 10.2 Å². The summed E-state index contributed by atoms with van der Waals surface area (Å²) in [6, 6.07) is 6.11. The first-order valence-electron chi connectivity index (χ1n) is 5.29. The minimum Gasteiger partial charge on any atom is -0.278 e. The Morgan fingerprint density at radius 2 is 2.11 bits per heavy atom. The van der Waals surface area contributed by atoms with Gasteiger partial charge in [0.25, 0.3) is 0 Å². The van der Waals surface area contributed by atoms with Crippen molar-refractivity contribution in [2.75, 3.05) is 0 Å². The van der Waals surface area contributed by atoms with E-state index in [2.05, 4.69) is 50.8 Å². The van der Waals surface area contributed by atoms with Crippen LogP contribution in [0, 0.1) is 10.5 Å². The molecule has 0 aliphatic heterocycles. The normalized spacial score (nSPS) is 11.1. The number of halogens is 2. The van der Waals surface area contributed by atoms with Crippen molar-refractivity contribution in [3.63, 3.8) is 0 Å². The van der Waals surface area contributed by atoms with E-state index in [9.17, 15) is 0 Å². The van der Waals surface area contributed by atoms with E-state index in [-0.39, 0.29) is 0 Å².